The van der Waals surface area contributed by atoms with E-state index in [0.29, 0.717) is 0 Å². The van der Waals surface area contributed by atoms with Crippen LogP contribution in [-0.4, -0.2) is 51.6 Å². The van der Waals surface area contributed by atoms with Crippen LogP contribution >= 0.6 is 11.8 Å². The molecule has 1 unspecified atom stereocenters. The van der Waals surface area contributed by atoms with E-state index < -0.39 is 11.2 Å². The Bertz CT molecular complexity index is 466. The molecule has 2 aliphatic heterocycles. The first-order chi connectivity index (χ1) is 13.1. The lowest BCUT2D eigenvalue weighted by Gasteiger charge is -2.40. The predicted octanol–water partition coefficient (Wildman–Crippen LogP) is 4.41. The third-order valence-corrected chi connectivity index (χ3v) is 7.60. The molecule has 2 heterocycles. The molecule has 0 radical (unpaired) electrons. The monoisotopic (exact) mass is 398 g/mol. The van der Waals surface area contributed by atoms with E-state index in [2.05, 4.69) is 12.2 Å². The second kappa shape index (κ2) is 11.9. The molecule has 0 saturated carbocycles. The van der Waals surface area contributed by atoms with Gasteiger partial charge in [0.1, 0.15) is 0 Å². The molecule has 2 aliphatic rings. The molecular weight excluding hydrogens is 360 g/mol. The van der Waals surface area contributed by atoms with E-state index in [1.165, 1.54) is 57.8 Å². The highest BCUT2D eigenvalue weighted by atomic mass is 32.2. The summed E-state index contributed by atoms with van der Waals surface area (Å²) in [4.78, 5) is 25.8. The summed E-state index contributed by atoms with van der Waals surface area (Å²) in [6, 6.07) is 0. The fourth-order valence-corrected chi connectivity index (χ4v) is 6.05. The van der Waals surface area contributed by atoms with Crippen molar-refractivity contribution in [2.24, 2.45) is 0 Å². The Morgan fingerprint density at radius 3 is 2.19 bits per heavy atom. The fourth-order valence-electron chi connectivity index (χ4n) is 4.32. The number of aliphatic carboxylic acids is 1. The lowest BCUT2D eigenvalue weighted by Crippen LogP contribution is -2.51. The molecule has 2 rings (SSSR count). The molecule has 2 fully saturated rings. The van der Waals surface area contributed by atoms with Crippen molar-refractivity contribution in [3.05, 3.63) is 0 Å². The number of hydrogen-bond acceptors (Lipinski definition) is 4. The lowest BCUT2D eigenvalue weighted by molar-refractivity contribution is -0.140. The highest BCUT2D eigenvalue weighted by Gasteiger charge is 2.51. The maximum absolute atomic E-state index is 12.8. The minimum Gasteiger partial charge on any atom is -0.481 e. The van der Waals surface area contributed by atoms with Crippen molar-refractivity contribution >= 4 is 23.6 Å². The van der Waals surface area contributed by atoms with Gasteiger partial charge in [-0.3, -0.25) is 9.59 Å². The second-order valence-corrected chi connectivity index (χ2v) is 9.64. The van der Waals surface area contributed by atoms with Gasteiger partial charge in [-0.05, 0) is 32.4 Å². The molecular formula is C21H38N2O3S. The van der Waals surface area contributed by atoms with Crippen molar-refractivity contribution in [2.75, 3.05) is 19.6 Å². The molecule has 27 heavy (non-hydrogen) atoms. The number of piperidine rings is 1. The number of nitrogens with one attached hydrogen (secondary N) is 1. The number of hydrogen-bond donors (Lipinski definition) is 2. The number of carbonyl (C=O) groups is 2. The van der Waals surface area contributed by atoms with E-state index in [0.717, 1.165) is 38.9 Å². The quantitative estimate of drug-likeness (QED) is 0.450. The first-order valence-electron chi connectivity index (χ1n) is 11.0. The first kappa shape index (κ1) is 22.5. The number of unbranched alkanes of at least 4 members (excludes halogenated alkanes) is 9. The standard InChI is InChI=1S/C21H38N2O3S/c1-2-3-4-5-6-7-8-9-10-11-16-23-20(26)18(17-19(24)25)27-21(23)12-14-22-15-13-21/h18,22H,2-17H2,1H3,(H,24,25). The van der Waals surface area contributed by atoms with Gasteiger partial charge in [-0.2, -0.15) is 0 Å². The van der Waals surface area contributed by atoms with Gasteiger partial charge in [0.2, 0.25) is 5.91 Å². The van der Waals surface area contributed by atoms with Crippen LogP contribution in [0.15, 0.2) is 0 Å². The van der Waals surface area contributed by atoms with E-state index in [1.807, 2.05) is 4.90 Å². The van der Waals surface area contributed by atoms with Crippen LogP contribution in [0.4, 0.5) is 0 Å². The zero-order chi connectivity index (χ0) is 19.5. The Morgan fingerprint density at radius 2 is 1.63 bits per heavy atom. The van der Waals surface area contributed by atoms with E-state index >= 15 is 0 Å². The maximum Gasteiger partial charge on any atom is 0.305 e. The molecule has 1 amide bonds. The van der Waals surface area contributed by atoms with Gasteiger partial charge in [-0.1, -0.05) is 64.7 Å². The Balaban J connectivity index is 1.71. The molecule has 5 nitrogen and oxygen atoms in total. The van der Waals surface area contributed by atoms with E-state index in [-0.39, 0.29) is 17.2 Å². The van der Waals surface area contributed by atoms with Crippen LogP contribution < -0.4 is 5.32 Å². The number of carbonyl (C=O) groups excluding carboxylic acids is 1. The molecule has 0 aromatic heterocycles. The zero-order valence-corrected chi connectivity index (χ0v) is 17.8. The second-order valence-electron chi connectivity index (χ2n) is 8.07. The van der Waals surface area contributed by atoms with Gasteiger partial charge in [-0.25, -0.2) is 0 Å². The van der Waals surface area contributed by atoms with Crippen LogP contribution in [0.3, 0.4) is 0 Å². The third kappa shape index (κ3) is 6.97. The molecule has 0 bridgehead atoms. The number of nitrogens with zero attached hydrogens (tertiary/aromatic N) is 1. The third-order valence-electron chi connectivity index (χ3n) is 5.88. The average Bonchev–Trinajstić information content (AvgIpc) is 2.88. The topological polar surface area (TPSA) is 69.6 Å². The van der Waals surface area contributed by atoms with Crippen LogP contribution in [0, 0.1) is 0 Å². The highest BCUT2D eigenvalue weighted by molar-refractivity contribution is 8.02. The summed E-state index contributed by atoms with van der Waals surface area (Å²) >= 11 is 1.62. The number of thioether (sulfide) groups is 1. The van der Waals surface area contributed by atoms with Gasteiger partial charge < -0.3 is 15.3 Å². The van der Waals surface area contributed by atoms with E-state index in [1.54, 1.807) is 11.8 Å². The molecule has 0 aliphatic carbocycles. The highest BCUT2D eigenvalue weighted by Crippen LogP contribution is 2.48. The van der Waals surface area contributed by atoms with Crippen LogP contribution in [0.5, 0.6) is 0 Å². The SMILES string of the molecule is CCCCCCCCCCCCN1C(=O)C(CC(=O)O)SC12CCNCC2. The molecule has 0 aromatic rings. The van der Waals surface area contributed by atoms with Gasteiger partial charge >= 0.3 is 5.97 Å². The van der Waals surface area contributed by atoms with Crippen molar-refractivity contribution in [2.45, 2.75) is 101 Å². The van der Waals surface area contributed by atoms with Gasteiger partial charge in [-0.15, -0.1) is 11.8 Å². The Hall–Kier alpha value is -0.750. The number of rotatable bonds is 13. The van der Waals surface area contributed by atoms with Crippen LogP contribution in [0.1, 0.15) is 90.4 Å². The number of carboxylic acids is 1. The Kier molecular flexibility index (Phi) is 9.98. The van der Waals surface area contributed by atoms with Crippen molar-refractivity contribution < 1.29 is 14.7 Å². The summed E-state index contributed by atoms with van der Waals surface area (Å²) in [6.07, 6.45) is 14.7. The largest absolute Gasteiger partial charge is 0.481 e. The van der Waals surface area contributed by atoms with Crippen LogP contribution in [0.2, 0.25) is 0 Å². The summed E-state index contributed by atoms with van der Waals surface area (Å²) < 4.78 is 0. The van der Waals surface area contributed by atoms with E-state index in [4.69, 9.17) is 5.11 Å². The normalized spacial score (nSPS) is 21.9. The zero-order valence-electron chi connectivity index (χ0n) is 17.0. The number of amides is 1. The molecule has 156 valence electrons. The van der Waals surface area contributed by atoms with Crippen molar-refractivity contribution in [3.8, 4) is 0 Å². The summed E-state index contributed by atoms with van der Waals surface area (Å²) in [5, 5.41) is 12.1. The van der Waals surface area contributed by atoms with Crippen molar-refractivity contribution in [3.63, 3.8) is 0 Å². The molecule has 0 aromatic carbocycles. The van der Waals surface area contributed by atoms with Gasteiger partial charge in [0.05, 0.1) is 16.5 Å². The maximum atomic E-state index is 12.8. The molecule has 2 N–H and O–H groups in total. The minimum absolute atomic E-state index is 0.0484. The van der Waals surface area contributed by atoms with Gasteiger partial charge in [0.25, 0.3) is 0 Å². The van der Waals surface area contributed by atoms with E-state index in [9.17, 15) is 9.59 Å². The molecule has 2 saturated heterocycles. The van der Waals surface area contributed by atoms with Crippen molar-refractivity contribution in [1.29, 1.82) is 0 Å². The first-order valence-corrected chi connectivity index (χ1v) is 11.9. The lowest BCUT2D eigenvalue weighted by atomic mass is 10.0. The Morgan fingerprint density at radius 1 is 1.07 bits per heavy atom. The van der Waals surface area contributed by atoms with Crippen LogP contribution in [0.25, 0.3) is 0 Å². The smallest absolute Gasteiger partial charge is 0.305 e. The molecule has 1 atom stereocenters. The van der Waals surface area contributed by atoms with Gasteiger partial charge in [0.15, 0.2) is 0 Å². The fraction of sp³-hybridized carbons (Fsp3) is 0.905. The molecule has 1 spiro atoms. The summed E-state index contributed by atoms with van der Waals surface area (Å²) in [7, 11) is 0. The molecule has 6 heteroatoms. The van der Waals surface area contributed by atoms with Crippen LogP contribution in [-0.2, 0) is 9.59 Å². The minimum atomic E-state index is -0.870. The summed E-state index contributed by atoms with van der Waals surface area (Å²) in [6.45, 7) is 4.86. The summed E-state index contributed by atoms with van der Waals surface area (Å²) in [5.74, 6) is -0.814. The predicted molar refractivity (Wildman–Crippen MR) is 112 cm³/mol. The Labute approximate surface area is 169 Å². The number of carboxylic acid groups (broad SMARTS) is 1. The average molecular weight is 399 g/mol. The van der Waals surface area contributed by atoms with Crippen molar-refractivity contribution in [1.82, 2.24) is 10.2 Å². The summed E-state index contributed by atoms with van der Waals surface area (Å²) in [5.41, 5.74) is 0. The van der Waals surface area contributed by atoms with Gasteiger partial charge in [0, 0.05) is 6.54 Å².